The number of amidine groups is 1. The molecule has 0 radical (unpaired) electrons. The number of carbonyl (C=O) groups excluding carboxylic acids is 2. The van der Waals surface area contributed by atoms with E-state index >= 15 is 0 Å². The number of carbonyl (C=O) groups is 2. The molecule has 0 aromatic heterocycles. The summed E-state index contributed by atoms with van der Waals surface area (Å²) in [5, 5.41) is 3.36. The number of fused-ring (bicyclic) bond motifs is 1. The lowest BCUT2D eigenvalue weighted by Crippen LogP contribution is -2.63. The van der Waals surface area contributed by atoms with Crippen molar-refractivity contribution in [3.05, 3.63) is 0 Å². The average molecular weight is 398 g/mol. The van der Waals surface area contributed by atoms with Gasteiger partial charge in [0.05, 0.1) is 13.2 Å². The molecule has 0 bridgehead atoms. The lowest BCUT2D eigenvalue weighted by atomic mass is 10.1. The van der Waals surface area contributed by atoms with Crippen molar-refractivity contribution in [2.24, 2.45) is 4.99 Å². The molecule has 2 fully saturated rings. The van der Waals surface area contributed by atoms with E-state index in [-0.39, 0.29) is 11.9 Å². The lowest BCUT2D eigenvalue weighted by Gasteiger charge is -2.36. The number of amides is 3. The van der Waals surface area contributed by atoms with Crippen LogP contribution in [0.1, 0.15) is 32.6 Å². The van der Waals surface area contributed by atoms with Crippen LogP contribution in [0.2, 0.25) is 0 Å². The van der Waals surface area contributed by atoms with Crippen LogP contribution in [-0.2, 0) is 9.53 Å². The van der Waals surface area contributed by atoms with Crippen LogP contribution >= 0.6 is 11.8 Å². The van der Waals surface area contributed by atoms with Crippen molar-refractivity contribution < 1.29 is 14.3 Å². The van der Waals surface area contributed by atoms with E-state index in [1.807, 2.05) is 0 Å². The molecule has 3 amide bonds. The maximum absolute atomic E-state index is 12.5. The van der Waals surface area contributed by atoms with Gasteiger partial charge in [0.25, 0.3) is 5.91 Å². The summed E-state index contributed by atoms with van der Waals surface area (Å²) in [6.07, 6.45) is 4.14. The first-order valence-corrected chi connectivity index (χ1v) is 11.0. The zero-order valence-electron chi connectivity index (χ0n) is 16.4. The van der Waals surface area contributed by atoms with Gasteiger partial charge in [-0.15, -0.1) is 0 Å². The average Bonchev–Trinajstić information content (AvgIpc) is 3.03. The number of thioether (sulfide) groups is 1. The van der Waals surface area contributed by atoms with Crippen molar-refractivity contribution in [1.29, 1.82) is 0 Å². The van der Waals surface area contributed by atoms with Crippen molar-refractivity contribution in [1.82, 2.24) is 20.0 Å². The third-order valence-electron chi connectivity index (χ3n) is 5.32. The molecule has 9 heteroatoms. The maximum Gasteiger partial charge on any atom is 0.325 e. The number of urea groups is 1. The molecule has 2 saturated heterocycles. The van der Waals surface area contributed by atoms with Crippen LogP contribution in [0.3, 0.4) is 0 Å². The summed E-state index contributed by atoms with van der Waals surface area (Å²) < 4.78 is 5.40. The predicted molar refractivity (Wildman–Crippen MR) is 107 cm³/mol. The number of nitrogens with zero attached hydrogens (tertiary/aromatic N) is 4. The van der Waals surface area contributed by atoms with Crippen molar-refractivity contribution in [2.45, 2.75) is 44.8 Å². The lowest BCUT2D eigenvalue weighted by molar-refractivity contribution is -0.127. The number of morpholine rings is 1. The Labute approximate surface area is 165 Å². The van der Waals surface area contributed by atoms with Gasteiger partial charge in [-0.25, -0.2) is 9.79 Å². The van der Waals surface area contributed by atoms with Gasteiger partial charge in [0.1, 0.15) is 0 Å². The molecule has 2 atom stereocenters. The highest BCUT2D eigenvalue weighted by molar-refractivity contribution is 8.13. The van der Waals surface area contributed by atoms with Crippen LogP contribution in [0, 0.1) is 0 Å². The van der Waals surface area contributed by atoms with Gasteiger partial charge in [-0.3, -0.25) is 15.0 Å². The summed E-state index contributed by atoms with van der Waals surface area (Å²) in [6.45, 7) is 7.51. The van der Waals surface area contributed by atoms with Gasteiger partial charge >= 0.3 is 6.03 Å². The smallest absolute Gasteiger partial charge is 0.325 e. The van der Waals surface area contributed by atoms with Crippen LogP contribution in [0.5, 0.6) is 0 Å². The molecule has 27 heavy (non-hydrogen) atoms. The molecule has 3 heterocycles. The molecule has 0 saturated carbocycles. The predicted octanol–water partition coefficient (Wildman–Crippen LogP) is 1.18. The Hall–Kier alpha value is -1.32. The van der Waals surface area contributed by atoms with Gasteiger partial charge in [0.2, 0.25) is 0 Å². The highest BCUT2D eigenvalue weighted by atomic mass is 32.2. The fraction of sp³-hybridized carbons (Fsp3) is 0.833. The molecule has 0 aromatic carbocycles. The number of rotatable bonds is 8. The molecule has 1 N–H and O–H groups in total. The zero-order chi connectivity index (χ0) is 19.2. The van der Waals surface area contributed by atoms with Gasteiger partial charge in [0, 0.05) is 39.0 Å². The maximum atomic E-state index is 12.5. The molecule has 0 aromatic rings. The van der Waals surface area contributed by atoms with Crippen molar-refractivity contribution >= 4 is 28.9 Å². The molecule has 3 aliphatic rings. The van der Waals surface area contributed by atoms with E-state index in [0.717, 1.165) is 63.2 Å². The first-order valence-electron chi connectivity index (χ1n) is 9.97. The van der Waals surface area contributed by atoms with E-state index in [1.54, 1.807) is 23.7 Å². The number of unbranched alkanes of at least 4 members (excludes halogenated alkanes) is 3. The van der Waals surface area contributed by atoms with Crippen LogP contribution < -0.4 is 5.32 Å². The molecule has 0 spiro atoms. The monoisotopic (exact) mass is 397 g/mol. The van der Waals surface area contributed by atoms with Crippen LogP contribution in [0.25, 0.3) is 0 Å². The van der Waals surface area contributed by atoms with Gasteiger partial charge in [0.15, 0.2) is 17.4 Å². The second-order valence-electron chi connectivity index (χ2n) is 7.23. The highest BCUT2D eigenvalue weighted by Gasteiger charge is 2.48. The summed E-state index contributed by atoms with van der Waals surface area (Å²) in [6, 6.07) is -0.768. The minimum Gasteiger partial charge on any atom is -0.379 e. The molecule has 3 rings (SSSR count). The van der Waals surface area contributed by atoms with Crippen LogP contribution in [-0.4, -0.2) is 96.2 Å². The Morgan fingerprint density at radius 3 is 2.70 bits per heavy atom. The number of ether oxygens (including phenoxy) is 1. The Morgan fingerprint density at radius 1 is 1.19 bits per heavy atom. The standard InChI is InChI=1S/C18H31N5O3S/c1-3-4-5-6-7-23-14-15(21(2)17(25)20-16(14)24)19-18(23)27-13-10-22-8-11-26-12-9-22/h14-15H,3-13H2,1-2H3,(H,20,24,25). The minimum atomic E-state index is -0.414. The molecular weight excluding hydrogens is 366 g/mol. The zero-order valence-corrected chi connectivity index (χ0v) is 17.2. The Balaban J connectivity index is 1.62. The number of nitrogens with one attached hydrogen (secondary N) is 1. The van der Waals surface area contributed by atoms with Gasteiger partial charge in [-0.1, -0.05) is 37.9 Å². The summed E-state index contributed by atoms with van der Waals surface area (Å²) in [5.41, 5.74) is 0. The SMILES string of the molecule is CCCCCCN1C(SCCN2CCOCC2)=NC2C1C(=O)NC(=O)N2C. The molecule has 3 aliphatic heterocycles. The van der Waals surface area contributed by atoms with Crippen molar-refractivity contribution in [3.63, 3.8) is 0 Å². The Bertz CT molecular complexity index is 567. The second-order valence-corrected chi connectivity index (χ2v) is 8.29. The number of hydrogen-bond acceptors (Lipinski definition) is 7. The van der Waals surface area contributed by atoms with Crippen LogP contribution in [0.15, 0.2) is 4.99 Å². The molecule has 152 valence electrons. The quantitative estimate of drug-likeness (QED) is 0.620. The van der Waals surface area contributed by atoms with E-state index in [2.05, 4.69) is 22.0 Å². The van der Waals surface area contributed by atoms with Crippen molar-refractivity contribution in [3.8, 4) is 0 Å². The first-order chi connectivity index (χ1) is 13.1. The Morgan fingerprint density at radius 2 is 1.96 bits per heavy atom. The largest absolute Gasteiger partial charge is 0.379 e. The minimum absolute atomic E-state index is 0.230. The van der Waals surface area contributed by atoms with E-state index in [4.69, 9.17) is 9.73 Å². The van der Waals surface area contributed by atoms with E-state index in [9.17, 15) is 9.59 Å². The molecule has 2 unspecified atom stereocenters. The number of aliphatic imine (C=N–C) groups is 1. The van der Waals surface area contributed by atoms with E-state index in [1.165, 1.54) is 12.8 Å². The number of hydrogen-bond donors (Lipinski definition) is 1. The third kappa shape index (κ3) is 4.94. The second kappa shape index (κ2) is 9.75. The molecule has 8 nitrogen and oxygen atoms in total. The number of imide groups is 1. The van der Waals surface area contributed by atoms with Crippen molar-refractivity contribution in [2.75, 3.05) is 52.2 Å². The summed E-state index contributed by atoms with van der Waals surface area (Å²) in [4.78, 5) is 35.3. The normalized spacial score (nSPS) is 26.2. The van der Waals surface area contributed by atoms with Gasteiger partial charge in [-0.2, -0.15) is 0 Å². The number of likely N-dealkylation sites (N-methyl/N-ethyl adjacent to an activating group) is 1. The molecule has 0 aliphatic carbocycles. The van der Waals surface area contributed by atoms with Crippen LogP contribution in [0.4, 0.5) is 4.79 Å². The summed E-state index contributed by atoms with van der Waals surface area (Å²) in [7, 11) is 1.71. The topological polar surface area (TPSA) is 77.5 Å². The summed E-state index contributed by atoms with van der Waals surface area (Å²) in [5.74, 6) is 0.689. The van der Waals surface area contributed by atoms with E-state index < -0.39 is 12.2 Å². The third-order valence-corrected chi connectivity index (χ3v) is 6.30. The highest BCUT2D eigenvalue weighted by Crippen LogP contribution is 2.29. The van der Waals surface area contributed by atoms with Gasteiger partial charge < -0.3 is 14.5 Å². The Kier molecular flexibility index (Phi) is 7.37. The van der Waals surface area contributed by atoms with Gasteiger partial charge in [-0.05, 0) is 6.42 Å². The van der Waals surface area contributed by atoms with E-state index in [0.29, 0.717) is 0 Å². The summed E-state index contributed by atoms with van der Waals surface area (Å²) >= 11 is 1.70. The molecular formula is C18H31N5O3S. The first kappa shape index (κ1) is 20.4. The fourth-order valence-corrected chi connectivity index (χ4v) is 4.74. The fourth-order valence-electron chi connectivity index (χ4n) is 3.66.